The van der Waals surface area contributed by atoms with Gasteiger partial charge in [0.1, 0.15) is 0 Å². The van der Waals surface area contributed by atoms with Crippen LogP contribution in [0.2, 0.25) is 0 Å². The van der Waals surface area contributed by atoms with E-state index in [0.717, 1.165) is 0 Å². The van der Waals surface area contributed by atoms with Gasteiger partial charge in [0.25, 0.3) is 11.8 Å². The molecule has 1 heterocycles. The number of hydrogen-bond acceptors (Lipinski definition) is 8. The lowest BCUT2D eigenvalue weighted by Crippen LogP contribution is -2.51. The van der Waals surface area contributed by atoms with Gasteiger partial charge in [0, 0.05) is 37.3 Å². The molecule has 0 radical (unpaired) electrons. The van der Waals surface area contributed by atoms with Gasteiger partial charge in [0.15, 0.2) is 23.0 Å². The zero-order valence-corrected chi connectivity index (χ0v) is 23.2. The maximum absolute atomic E-state index is 13.7. The molecule has 10 heteroatoms. The predicted octanol–water partition coefficient (Wildman–Crippen LogP) is 3.37. The lowest BCUT2D eigenvalue weighted by molar-refractivity contribution is -0.0340. The molecule has 0 N–H and O–H groups in total. The number of morpholine rings is 1. The second kappa shape index (κ2) is 13.2. The monoisotopic (exact) mass is 530 g/mol. The van der Waals surface area contributed by atoms with E-state index in [-0.39, 0.29) is 23.8 Å². The molecule has 10 nitrogen and oxygen atoms in total. The molecule has 0 saturated carbocycles. The number of methoxy groups -OCH3 is 5. The number of carbonyl (C=O) groups is 2. The Labute approximate surface area is 224 Å². The Morgan fingerprint density at radius 2 is 1.50 bits per heavy atom. The molecule has 0 aromatic heterocycles. The van der Waals surface area contributed by atoms with Gasteiger partial charge in [0.05, 0.1) is 48.3 Å². The lowest BCUT2D eigenvalue weighted by Gasteiger charge is -2.36. The fourth-order valence-electron chi connectivity index (χ4n) is 4.48. The molecule has 38 heavy (non-hydrogen) atoms. The van der Waals surface area contributed by atoms with Gasteiger partial charge >= 0.3 is 0 Å². The molecule has 2 amide bonds. The van der Waals surface area contributed by atoms with Crippen molar-refractivity contribution >= 4 is 11.8 Å². The Balaban J connectivity index is 1.80. The molecule has 0 spiro atoms. The van der Waals surface area contributed by atoms with Crippen molar-refractivity contribution < 1.29 is 38.0 Å². The number of benzene rings is 2. The molecule has 1 unspecified atom stereocenters. The molecule has 1 atom stereocenters. The van der Waals surface area contributed by atoms with Crippen molar-refractivity contribution in [3.05, 3.63) is 41.5 Å². The molecule has 0 aliphatic carbocycles. The molecule has 1 saturated heterocycles. The summed E-state index contributed by atoms with van der Waals surface area (Å²) in [6, 6.07) is 8.39. The van der Waals surface area contributed by atoms with E-state index >= 15 is 0 Å². The molecule has 2 aromatic rings. The van der Waals surface area contributed by atoms with Crippen molar-refractivity contribution in [2.45, 2.75) is 20.0 Å². The summed E-state index contributed by atoms with van der Waals surface area (Å²) >= 11 is 0. The average Bonchev–Trinajstić information content (AvgIpc) is 2.94. The van der Waals surface area contributed by atoms with Crippen molar-refractivity contribution in [2.24, 2.45) is 5.92 Å². The highest BCUT2D eigenvalue weighted by Crippen LogP contribution is 2.38. The van der Waals surface area contributed by atoms with E-state index in [2.05, 4.69) is 0 Å². The first-order chi connectivity index (χ1) is 18.3. The van der Waals surface area contributed by atoms with Crippen LogP contribution >= 0.6 is 0 Å². The summed E-state index contributed by atoms with van der Waals surface area (Å²) in [6.45, 7) is 6.10. The predicted molar refractivity (Wildman–Crippen MR) is 142 cm³/mol. The second-order valence-electron chi connectivity index (χ2n) is 9.33. The van der Waals surface area contributed by atoms with E-state index in [1.807, 2.05) is 13.8 Å². The summed E-state index contributed by atoms with van der Waals surface area (Å²) in [6.07, 6.45) is -0.349. The number of hydrogen-bond donors (Lipinski definition) is 0. The third kappa shape index (κ3) is 6.61. The molecule has 0 bridgehead atoms. The highest BCUT2D eigenvalue weighted by molar-refractivity contribution is 5.96. The minimum atomic E-state index is -0.349. The maximum Gasteiger partial charge on any atom is 0.254 e. The Kier molecular flexibility index (Phi) is 10.1. The highest BCUT2D eigenvalue weighted by Gasteiger charge is 2.30. The van der Waals surface area contributed by atoms with Gasteiger partial charge < -0.3 is 38.2 Å². The summed E-state index contributed by atoms with van der Waals surface area (Å²) in [7, 11) is 7.62. The Bertz CT molecular complexity index is 1100. The van der Waals surface area contributed by atoms with Gasteiger partial charge in [-0.15, -0.1) is 0 Å². The van der Waals surface area contributed by atoms with Crippen LogP contribution in [0.5, 0.6) is 28.7 Å². The van der Waals surface area contributed by atoms with Crippen LogP contribution in [0, 0.1) is 5.92 Å². The smallest absolute Gasteiger partial charge is 0.254 e. The number of amides is 2. The quantitative estimate of drug-likeness (QED) is 0.437. The number of nitrogens with zero attached hydrogens (tertiary/aromatic N) is 2. The standard InChI is InChI=1S/C28H38N2O8/c1-18(2)15-30(28(32)20-13-24(35-5)26(37-7)25(14-20)36-6)17-21-16-29(10-11-38-21)27(31)19-8-9-22(33-3)23(12-19)34-4/h8-9,12-14,18,21H,10-11,15-17H2,1-7H3. The molecule has 208 valence electrons. The fourth-order valence-corrected chi connectivity index (χ4v) is 4.48. The van der Waals surface area contributed by atoms with E-state index < -0.39 is 0 Å². The fraction of sp³-hybridized carbons (Fsp3) is 0.500. The van der Waals surface area contributed by atoms with E-state index in [1.165, 1.54) is 28.4 Å². The third-order valence-corrected chi connectivity index (χ3v) is 6.26. The van der Waals surface area contributed by atoms with Crippen molar-refractivity contribution in [3.8, 4) is 28.7 Å². The molecular formula is C28H38N2O8. The topological polar surface area (TPSA) is 96.0 Å². The Hall–Kier alpha value is -3.66. The first-order valence-electron chi connectivity index (χ1n) is 12.5. The molecule has 3 rings (SSSR count). The SMILES string of the molecule is COc1ccc(C(=O)N2CCOC(CN(CC(C)C)C(=O)c3cc(OC)c(OC)c(OC)c3)C2)cc1OC. The second-order valence-corrected chi connectivity index (χ2v) is 9.33. The molecule has 1 fully saturated rings. The van der Waals surface area contributed by atoms with Gasteiger partial charge in [0.2, 0.25) is 5.75 Å². The molecular weight excluding hydrogens is 492 g/mol. The molecule has 1 aliphatic heterocycles. The normalized spacial score (nSPS) is 15.2. The third-order valence-electron chi connectivity index (χ3n) is 6.26. The van der Waals surface area contributed by atoms with Crippen LogP contribution in [0.15, 0.2) is 30.3 Å². The molecule has 1 aliphatic rings. The highest BCUT2D eigenvalue weighted by atomic mass is 16.5. The van der Waals surface area contributed by atoms with Crippen LogP contribution in [0.3, 0.4) is 0 Å². The van der Waals surface area contributed by atoms with Crippen molar-refractivity contribution in [3.63, 3.8) is 0 Å². The Morgan fingerprint density at radius 1 is 0.895 bits per heavy atom. The van der Waals surface area contributed by atoms with Crippen LogP contribution in [0.1, 0.15) is 34.6 Å². The first kappa shape index (κ1) is 28.9. The lowest BCUT2D eigenvalue weighted by atomic mass is 10.1. The summed E-state index contributed by atoms with van der Waals surface area (Å²) < 4.78 is 32.9. The van der Waals surface area contributed by atoms with Crippen LogP contribution < -0.4 is 23.7 Å². The zero-order chi connectivity index (χ0) is 27.8. The van der Waals surface area contributed by atoms with Gasteiger partial charge in [-0.25, -0.2) is 0 Å². The van der Waals surface area contributed by atoms with Gasteiger partial charge in [-0.1, -0.05) is 13.8 Å². The van der Waals surface area contributed by atoms with E-state index in [0.29, 0.717) is 72.7 Å². The van der Waals surface area contributed by atoms with Crippen molar-refractivity contribution in [2.75, 3.05) is 68.3 Å². The Morgan fingerprint density at radius 3 is 2.05 bits per heavy atom. The summed E-state index contributed by atoms with van der Waals surface area (Å²) in [5.74, 6) is 2.16. The van der Waals surface area contributed by atoms with E-state index in [4.69, 9.17) is 28.4 Å². The maximum atomic E-state index is 13.7. The van der Waals surface area contributed by atoms with Crippen LogP contribution in [-0.2, 0) is 4.74 Å². The first-order valence-corrected chi connectivity index (χ1v) is 12.5. The summed E-state index contributed by atoms with van der Waals surface area (Å²) in [4.78, 5) is 30.5. The number of ether oxygens (including phenoxy) is 6. The van der Waals surface area contributed by atoms with Crippen LogP contribution in [0.4, 0.5) is 0 Å². The van der Waals surface area contributed by atoms with Gasteiger partial charge in [-0.3, -0.25) is 9.59 Å². The summed E-state index contributed by atoms with van der Waals surface area (Å²) in [5.41, 5.74) is 0.907. The number of carbonyl (C=O) groups excluding carboxylic acids is 2. The van der Waals surface area contributed by atoms with Crippen molar-refractivity contribution in [1.29, 1.82) is 0 Å². The summed E-state index contributed by atoms with van der Waals surface area (Å²) in [5, 5.41) is 0. The largest absolute Gasteiger partial charge is 0.493 e. The van der Waals surface area contributed by atoms with E-state index in [9.17, 15) is 9.59 Å². The van der Waals surface area contributed by atoms with Crippen LogP contribution in [-0.4, -0.2) is 96.1 Å². The van der Waals surface area contributed by atoms with E-state index in [1.54, 1.807) is 47.2 Å². The van der Waals surface area contributed by atoms with Gasteiger partial charge in [-0.2, -0.15) is 0 Å². The number of rotatable bonds is 11. The van der Waals surface area contributed by atoms with Crippen LogP contribution in [0.25, 0.3) is 0 Å². The van der Waals surface area contributed by atoms with Gasteiger partial charge in [-0.05, 0) is 36.2 Å². The minimum Gasteiger partial charge on any atom is -0.493 e. The average molecular weight is 531 g/mol. The van der Waals surface area contributed by atoms with Crippen molar-refractivity contribution in [1.82, 2.24) is 9.80 Å². The minimum absolute atomic E-state index is 0.134. The zero-order valence-electron chi connectivity index (χ0n) is 23.2. The molecule has 2 aromatic carbocycles.